The molecular formula is C15H22N2O2. The molecule has 4 nitrogen and oxygen atoms in total. The van der Waals surface area contributed by atoms with Crippen LogP contribution in [0.4, 0.5) is 11.4 Å². The molecule has 1 heterocycles. The Labute approximate surface area is 114 Å². The molecule has 1 saturated heterocycles. The van der Waals surface area contributed by atoms with E-state index in [0.29, 0.717) is 23.2 Å². The number of benzene rings is 1. The van der Waals surface area contributed by atoms with Crippen molar-refractivity contribution < 1.29 is 9.90 Å². The molecule has 0 aliphatic carbocycles. The summed E-state index contributed by atoms with van der Waals surface area (Å²) in [6, 6.07) is 5.56. The number of aromatic carboxylic acids is 1. The number of nitrogen functional groups attached to an aromatic ring is 1. The van der Waals surface area contributed by atoms with Gasteiger partial charge in [0.05, 0.1) is 11.3 Å². The Balaban J connectivity index is 2.36. The molecule has 0 saturated carbocycles. The minimum atomic E-state index is -0.909. The summed E-state index contributed by atoms with van der Waals surface area (Å²) in [4.78, 5) is 13.6. The molecule has 2 atom stereocenters. The van der Waals surface area contributed by atoms with Gasteiger partial charge in [-0.1, -0.05) is 13.3 Å². The number of anilines is 2. The van der Waals surface area contributed by atoms with Crippen molar-refractivity contribution in [1.82, 2.24) is 0 Å². The van der Waals surface area contributed by atoms with Crippen LogP contribution in [0.3, 0.4) is 0 Å². The second-order valence-electron chi connectivity index (χ2n) is 5.43. The number of hydrogen-bond donors (Lipinski definition) is 2. The fourth-order valence-corrected chi connectivity index (χ4v) is 2.83. The van der Waals surface area contributed by atoms with E-state index >= 15 is 0 Å². The number of nitrogens with zero attached hydrogens (tertiary/aromatic N) is 1. The standard InChI is InChI=1S/C15H22N2O2/c1-3-11-5-4-10(2)17(9-11)14-7-6-12(16)8-13(14)15(18)19/h6-8,10-11H,3-5,9,16H2,1-2H3,(H,18,19). The van der Waals surface area contributed by atoms with Gasteiger partial charge in [-0.25, -0.2) is 4.79 Å². The van der Waals surface area contributed by atoms with Crippen LogP contribution in [0.1, 0.15) is 43.5 Å². The number of carbonyl (C=O) groups is 1. The average Bonchev–Trinajstić information content (AvgIpc) is 2.39. The van der Waals surface area contributed by atoms with Gasteiger partial charge in [-0.15, -0.1) is 0 Å². The van der Waals surface area contributed by atoms with Crippen molar-refractivity contribution >= 4 is 17.3 Å². The first-order valence-corrected chi connectivity index (χ1v) is 6.92. The highest BCUT2D eigenvalue weighted by Crippen LogP contribution is 2.32. The normalized spacial score (nSPS) is 23.4. The van der Waals surface area contributed by atoms with Gasteiger partial charge in [0.25, 0.3) is 0 Å². The van der Waals surface area contributed by atoms with Crippen molar-refractivity contribution in [3.05, 3.63) is 23.8 Å². The summed E-state index contributed by atoms with van der Waals surface area (Å²) in [5, 5.41) is 9.35. The minimum absolute atomic E-state index is 0.309. The number of nitrogens with two attached hydrogens (primary N) is 1. The first-order valence-electron chi connectivity index (χ1n) is 6.92. The van der Waals surface area contributed by atoms with Crippen molar-refractivity contribution in [3.63, 3.8) is 0 Å². The van der Waals surface area contributed by atoms with E-state index in [0.717, 1.165) is 25.1 Å². The molecular weight excluding hydrogens is 240 g/mol. The van der Waals surface area contributed by atoms with E-state index in [1.54, 1.807) is 12.1 Å². The highest BCUT2D eigenvalue weighted by atomic mass is 16.4. The molecule has 19 heavy (non-hydrogen) atoms. The molecule has 1 aromatic carbocycles. The van der Waals surface area contributed by atoms with Gasteiger partial charge < -0.3 is 15.7 Å². The zero-order valence-electron chi connectivity index (χ0n) is 11.6. The molecule has 0 amide bonds. The molecule has 1 fully saturated rings. The van der Waals surface area contributed by atoms with Crippen LogP contribution in [0.2, 0.25) is 0 Å². The Morgan fingerprint density at radius 3 is 2.84 bits per heavy atom. The second-order valence-corrected chi connectivity index (χ2v) is 5.43. The van der Waals surface area contributed by atoms with Gasteiger partial charge in [0, 0.05) is 18.3 Å². The van der Waals surface area contributed by atoms with Gasteiger partial charge in [-0.3, -0.25) is 0 Å². The Morgan fingerprint density at radius 2 is 2.21 bits per heavy atom. The van der Waals surface area contributed by atoms with Crippen molar-refractivity contribution in [2.45, 2.75) is 39.2 Å². The van der Waals surface area contributed by atoms with E-state index in [2.05, 4.69) is 18.7 Å². The zero-order valence-corrected chi connectivity index (χ0v) is 11.6. The molecule has 1 aliphatic rings. The maximum atomic E-state index is 11.4. The molecule has 0 spiro atoms. The van der Waals surface area contributed by atoms with Gasteiger partial charge in [0.1, 0.15) is 0 Å². The van der Waals surface area contributed by atoms with E-state index in [9.17, 15) is 9.90 Å². The number of carboxylic acids is 1. The van der Waals surface area contributed by atoms with E-state index < -0.39 is 5.97 Å². The lowest BCUT2D eigenvalue weighted by molar-refractivity contribution is 0.0697. The van der Waals surface area contributed by atoms with Gasteiger partial charge >= 0.3 is 5.97 Å². The Kier molecular flexibility index (Phi) is 3.98. The van der Waals surface area contributed by atoms with Crippen LogP contribution < -0.4 is 10.6 Å². The average molecular weight is 262 g/mol. The van der Waals surface area contributed by atoms with E-state index in [1.165, 1.54) is 6.42 Å². The molecule has 2 unspecified atom stereocenters. The van der Waals surface area contributed by atoms with Gasteiger partial charge in [0.2, 0.25) is 0 Å². The molecule has 0 aromatic heterocycles. The molecule has 3 N–H and O–H groups in total. The Morgan fingerprint density at radius 1 is 1.47 bits per heavy atom. The molecule has 2 rings (SSSR count). The third-order valence-corrected chi connectivity index (χ3v) is 4.12. The first kappa shape index (κ1) is 13.7. The van der Waals surface area contributed by atoms with E-state index in [-0.39, 0.29) is 0 Å². The smallest absolute Gasteiger partial charge is 0.337 e. The summed E-state index contributed by atoms with van der Waals surface area (Å²) >= 11 is 0. The van der Waals surface area contributed by atoms with Crippen LogP contribution in [0, 0.1) is 5.92 Å². The van der Waals surface area contributed by atoms with Crippen LogP contribution in [0.25, 0.3) is 0 Å². The number of rotatable bonds is 3. The van der Waals surface area contributed by atoms with Gasteiger partial charge in [-0.2, -0.15) is 0 Å². The van der Waals surface area contributed by atoms with Crippen LogP contribution in [-0.4, -0.2) is 23.7 Å². The number of hydrogen-bond acceptors (Lipinski definition) is 3. The van der Waals surface area contributed by atoms with Crippen molar-refractivity contribution in [3.8, 4) is 0 Å². The predicted molar refractivity (Wildman–Crippen MR) is 77.6 cm³/mol. The van der Waals surface area contributed by atoms with Crippen LogP contribution in [0.5, 0.6) is 0 Å². The molecule has 104 valence electrons. The molecule has 1 aromatic rings. The van der Waals surface area contributed by atoms with Crippen LogP contribution >= 0.6 is 0 Å². The summed E-state index contributed by atoms with van der Waals surface area (Å²) in [5.74, 6) is -0.261. The van der Waals surface area contributed by atoms with Crippen molar-refractivity contribution in [2.75, 3.05) is 17.2 Å². The number of carboxylic acid groups (broad SMARTS) is 1. The SMILES string of the molecule is CCC1CCC(C)N(c2ccc(N)cc2C(=O)O)C1. The summed E-state index contributed by atoms with van der Waals surface area (Å²) in [5.41, 5.74) is 7.31. The fourth-order valence-electron chi connectivity index (χ4n) is 2.83. The summed E-state index contributed by atoms with van der Waals surface area (Å²) < 4.78 is 0. The lowest BCUT2D eigenvalue weighted by atomic mass is 9.90. The first-order chi connectivity index (χ1) is 9.02. The van der Waals surface area contributed by atoms with E-state index in [1.807, 2.05) is 6.07 Å². The lowest BCUT2D eigenvalue weighted by Crippen LogP contribution is -2.42. The largest absolute Gasteiger partial charge is 0.478 e. The maximum absolute atomic E-state index is 11.4. The molecule has 1 aliphatic heterocycles. The number of piperidine rings is 1. The van der Waals surface area contributed by atoms with Crippen molar-refractivity contribution in [2.24, 2.45) is 5.92 Å². The van der Waals surface area contributed by atoms with E-state index in [4.69, 9.17) is 5.73 Å². The summed E-state index contributed by atoms with van der Waals surface area (Å²) in [6.45, 7) is 5.29. The molecule has 4 heteroatoms. The minimum Gasteiger partial charge on any atom is -0.478 e. The monoisotopic (exact) mass is 262 g/mol. The topological polar surface area (TPSA) is 66.6 Å². The highest BCUT2D eigenvalue weighted by Gasteiger charge is 2.27. The fraction of sp³-hybridized carbons (Fsp3) is 0.533. The Hall–Kier alpha value is -1.71. The molecule has 0 bridgehead atoms. The highest BCUT2D eigenvalue weighted by molar-refractivity contribution is 5.95. The zero-order chi connectivity index (χ0) is 14.0. The summed E-state index contributed by atoms with van der Waals surface area (Å²) in [7, 11) is 0. The second kappa shape index (κ2) is 5.51. The van der Waals surface area contributed by atoms with Gasteiger partial charge in [0.15, 0.2) is 0 Å². The quantitative estimate of drug-likeness (QED) is 0.822. The molecule has 0 radical (unpaired) electrons. The predicted octanol–water partition coefficient (Wildman–Crippen LogP) is 2.98. The third kappa shape index (κ3) is 2.83. The summed E-state index contributed by atoms with van der Waals surface area (Å²) in [6.07, 6.45) is 3.48. The van der Waals surface area contributed by atoms with Gasteiger partial charge in [-0.05, 0) is 43.9 Å². The third-order valence-electron chi connectivity index (χ3n) is 4.12. The van der Waals surface area contributed by atoms with Crippen LogP contribution in [-0.2, 0) is 0 Å². The van der Waals surface area contributed by atoms with Crippen LogP contribution in [0.15, 0.2) is 18.2 Å². The van der Waals surface area contributed by atoms with Crippen molar-refractivity contribution in [1.29, 1.82) is 0 Å². The maximum Gasteiger partial charge on any atom is 0.337 e. The Bertz CT molecular complexity index is 473. The lowest BCUT2D eigenvalue weighted by Gasteiger charge is -2.40.